The van der Waals surface area contributed by atoms with E-state index in [4.69, 9.17) is 0 Å². The second-order valence-corrected chi connectivity index (χ2v) is 4.72. The molecule has 0 aromatic carbocycles. The van der Waals surface area contributed by atoms with Gasteiger partial charge in [0.15, 0.2) is 0 Å². The molecule has 2 rings (SSSR count). The van der Waals surface area contributed by atoms with E-state index in [1.165, 1.54) is 19.4 Å². The Hall–Kier alpha value is -1.16. The van der Waals surface area contributed by atoms with Crippen LogP contribution in [0.3, 0.4) is 0 Å². The summed E-state index contributed by atoms with van der Waals surface area (Å²) >= 11 is 0. The molecule has 0 bridgehead atoms. The van der Waals surface area contributed by atoms with E-state index in [-0.39, 0.29) is 0 Å². The Morgan fingerprint density at radius 3 is 2.62 bits per heavy atom. The number of anilines is 1. The van der Waals surface area contributed by atoms with Gasteiger partial charge in [0, 0.05) is 24.0 Å². The van der Waals surface area contributed by atoms with E-state index >= 15 is 0 Å². The fourth-order valence-corrected chi connectivity index (χ4v) is 2.26. The molecule has 1 atom stereocenters. The summed E-state index contributed by atoms with van der Waals surface area (Å²) < 4.78 is 0. The number of piperidine rings is 1. The standard InChI is InChI=1S/C12H20N4/c1-9-7-10(2)14-12(13-9)15-11-5-4-6-16(3)8-11/h7,11H,4-6,8H2,1-3H3,(H,13,14,15). The van der Waals surface area contributed by atoms with Crippen molar-refractivity contribution in [2.24, 2.45) is 0 Å². The molecule has 88 valence electrons. The molecule has 1 N–H and O–H groups in total. The van der Waals surface area contributed by atoms with Gasteiger partial charge in [0.1, 0.15) is 0 Å². The number of aromatic nitrogens is 2. The van der Waals surface area contributed by atoms with Crippen molar-refractivity contribution in [3.8, 4) is 0 Å². The molecular weight excluding hydrogens is 200 g/mol. The van der Waals surface area contributed by atoms with Crippen LogP contribution in [-0.4, -0.2) is 41.0 Å². The summed E-state index contributed by atoms with van der Waals surface area (Å²) in [5, 5.41) is 3.43. The van der Waals surface area contributed by atoms with Crippen LogP contribution in [0.2, 0.25) is 0 Å². The summed E-state index contributed by atoms with van der Waals surface area (Å²) in [7, 11) is 2.16. The van der Waals surface area contributed by atoms with Gasteiger partial charge in [0.2, 0.25) is 5.95 Å². The van der Waals surface area contributed by atoms with Gasteiger partial charge in [-0.3, -0.25) is 0 Å². The molecule has 0 radical (unpaired) electrons. The monoisotopic (exact) mass is 220 g/mol. The van der Waals surface area contributed by atoms with Gasteiger partial charge in [0.05, 0.1) is 0 Å². The number of likely N-dealkylation sites (N-methyl/N-ethyl adjacent to an activating group) is 1. The molecule has 0 saturated carbocycles. The molecule has 1 aliphatic heterocycles. The van der Waals surface area contributed by atoms with Crippen molar-refractivity contribution in [1.82, 2.24) is 14.9 Å². The molecular formula is C12H20N4. The third-order valence-electron chi connectivity index (χ3n) is 2.94. The highest BCUT2D eigenvalue weighted by Gasteiger charge is 2.17. The molecule has 4 nitrogen and oxygen atoms in total. The first kappa shape index (κ1) is 11.3. The lowest BCUT2D eigenvalue weighted by Crippen LogP contribution is -2.40. The van der Waals surface area contributed by atoms with E-state index in [9.17, 15) is 0 Å². The van der Waals surface area contributed by atoms with E-state index in [1.807, 2.05) is 19.9 Å². The number of rotatable bonds is 2. The maximum atomic E-state index is 4.41. The van der Waals surface area contributed by atoms with Gasteiger partial charge >= 0.3 is 0 Å². The first-order valence-electron chi connectivity index (χ1n) is 5.91. The zero-order valence-corrected chi connectivity index (χ0v) is 10.3. The Balaban J connectivity index is 2.02. The van der Waals surface area contributed by atoms with Crippen molar-refractivity contribution in [2.75, 3.05) is 25.5 Å². The minimum atomic E-state index is 0.486. The first-order valence-corrected chi connectivity index (χ1v) is 5.91. The summed E-state index contributed by atoms with van der Waals surface area (Å²) in [6.07, 6.45) is 2.46. The molecule has 0 aliphatic carbocycles. The average molecular weight is 220 g/mol. The Kier molecular flexibility index (Phi) is 3.39. The van der Waals surface area contributed by atoms with Crippen molar-refractivity contribution in [1.29, 1.82) is 0 Å². The Bertz CT molecular complexity index is 344. The highest BCUT2D eigenvalue weighted by atomic mass is 15.2. The Labute approximate surface area is 97.1 Å². The molecule has 2 heterocycles. The van der Waals surface area contributed by atoms with Gasteiger partial charge < -0.3 is 10.2 Å². The van der Waals surface area contributed by atoms with E-state index < -0.39 is 0 Å². The predicted octanol–water partition coefficient (Wildman–Crippen LogP) is 1.60. The van der Waals surface area contributed by atoms with Crippen LogP contribution >= 0.6 is 0 Å². The fraction of sp³-hybridized carbons (Fsp3) is 0.667. The van der Waals surface area contributed by atoms with Crippen LogP contribution < -0.4 is 5.32 Å². The van der Waals surface area contributed by atoms with Gasteiger partial charge in [-0.05, 0) is 46.3 Å². The fourth-order valence-electron chi connectivity index (χ4n) is 2.26. The van der Waals surface area contributed by atoms with Gasteiger partial charge in [-0.2, -0.15) is 0 Å². The topological polar surface area (TPSA) is 41.1 Å². The van der Waals surface area contributed by atoms with E-state index in [0.29, 0.717) is 6.04 Å². The quantitative estimate of drug-likeness (QED) is 0.822. The highest BCUT2D eigenvalue weighted by molar-refractivity contribution is 5.29. The van der Waals surface area contributed by atoms with Crippen LogP contribution in [0.4, 0.5) is 5.95 Å². The smallest absolute Gasteiger partial charge is 0.223 e. The molecule has 4 heteroatoms. The van der Waals surface area contributed by atoms with Crippen molar-refractivity contribution in [3.63, 3.8) is 0 Å². The van der Waals surface area contributed by atoms with Crippen LogP contribution in [0.15, 0.2) is 6.07 Å². The predicted molar refractivity (Wildman–Crippen MR) is 65.6 cm³/mol. The van der Waals surface area contributed by atoms with Crippen molar-refractivity contribution in [2.45, 2.75) is 32.7 Å². The third kappa shape index (κ3) is 2.92. The van der Waals surface area contributed by atoms with Crippen molar-refractivity contribution < 1.29 is 0 Å². The second-order valence-electron chi connectivity index (χ2n) is 4.72. The minimum Gasteiger partial charge on any atom is -0.350 e. The lowest BCUT2D eigenvalue weighted by Gasteiger charge is -2.30. The number of nitrogens with one attached hydrogen (secondary N) is 1. The van der Waals surface area contributed by atoms with Gasteiger partial charge in [0.25, 0.3) is 0 Å². The lowest BCUT2D eigenvalue weighted by atomic mass is 10.1. The zero-order chi connectivity index (χ0) is 11.5. The Morgan fingerprint density at radius 2 is 2.00 bits per heavy atom. The molecule has 16 heavy (non-hydrogen) atoms. The number of nitrogens with zero attached hydrogens (tertiary/aromatic N) is 3. The van der Waals surface area contributed by atoms with Crippen molar-refractivity contribution in [3.05, 3.63) is 17.5 Å². The summed E-state index contributed by atoms with van der Waals surface area (Å²) in [4.78, 5) is 11.2. The molecule has 0 spiro atoms. The van der Waals surface area contributed by atoms with Gasteiger partial charge in [-0.15, -0.1) is 0 Å². The summed E-state index contributed by atoms with van der Waals surface area (Å²) in [6.45, 7) is 6.29. The SMILES string of the molecule is Cc1cc(C)nc(NC2CCCN(C)C2)n1. The van der Waals surface area contributed by atoms with Crippen LogP contribution in [0.5, 0.6) is 0 Å². The number of aryl methyl sites for hydroxylation is 2. The molecule has 1 saturated heterocycles. The molecule has 1 aromatic heterocycles. The maximum Gasteiger partial charge on any atom is 0.223 e. The Morgan fingerprint density at radius 1 is 1.31 bits per heavy atom. The number of hydrogen-bond acceptors (Lipinski definition) is 4. The molecule has 1 aromatic rings. The normalized spacial score (nSPS) is 22.1. The number of likely N-dealkylation sites (tertiary alicyclic amines) is 1. The first-order chi connectivity index (χ1) is 7.63. The lowest BCUT2D eigenvalue weighted by molar-refractivity contribution is 0.260. The van der Waals surface area contributed by atoms with E-state index in [1.54, 1.807) is 0 Å². The molecule has 1 unspecified atom stereocenters. The van der Waals surface area contributed by atoms with E-state index in [0.717, 1.165) is 23.9 Å². The van der Waals surface area contributed by atoms with Crippen LogP contribution in [-0.2, 0) is 0 Å². The van der Waals surface area contributed by atoms with Crippen LogP contribution in [0.1, 0.15) is 24.2 Å². The highest BCUT2D eigenvalue weighted by Crippen LogP contribution is 2.13. The largest absolute Gasteiger partial charge is 0.350 e. The zero-order valence-electron chi connectivity index (χ0n) is 10.3. The van der Waals surface area contributed by atoms with Gasteiger partial charge in [-0.1, -0.05) is 0 Å². The van der Waals surface area contributed by atoms with Crippen LogP contribution in [0, 0.1) is 13.8 Å². The molecule has 1 fully saturated rings. The number of hydrogen-bond donors (Lipinski definition) is 1. The second kappa shape index (κ2) is 4.78. The minimum absolute atomic E-state index is 0.486. The summed E-state index contributed by atoms with van der Waals surface area (Å²) in [5.74, 6) is 0.776. The van der Waals surface area contributed by atoms with Crippen molar-refractivity contribution >= 4 is 5.95 Å². The molecule has 0 amide bonds. The molecule has 1 aliphatic rings. The average Bonchev–Trinajstić information content (AvgIpc) is 2.15. The van der Waals surface area contributed by atoms with Crippen LogP contribution in [0.25, 0.3) is 0 Å². The summed E-state index contributed by atoms with van der Waals surface area (Å²) in [6, 6.07) is 2.48. The third-order valence-corrected chi connectivity index (χ3v) is 2.94. The maximum absolute atomic E-state index is 4.41. The van der Waals surface area contributed by atoms with E-state index in [2.05, 4.69) is 27.2 Å². The van der Waals surface area contributed by atoms with Gasteiger partial charge in [-0.25, -0.2) is 9.97 Å². The summed E-state index contributed by atoms with van der Waals surface area (Å²) in [5.41, 5.74) is 2.05.